The van der Waals surface area contributed by atoms with Crippen LogP contribution >= 0.6 is 11.8 Å². The van der Waals surface area contributed by atoms with Gasteiger partial charge in [0.2, 0.25) is 5.91 Å². The van der Waals surface area contributed by atoms with Crippen molar-refractivity contribution in [1.82, 2.24) is 24.4 Å². The van der Waals surface area contributed by atoms with E-state index in [0.717, 1.165) is 28.7 Å². The number of rotatable bonds is 7. The lowest BCUT2D eigenvalue weighted by Crippen LogP contribution is -2.38. The van der Waals surface area contributed by atoms with Gasteiger partial charge in [-0.05, 0) is 36.5 Å². The molecule has 0 aliphatic heterocycles. The molecule has 1 aliphatic carbocycles. The van der Waals surface area contributed by atoms with E-state index in [1.54, 1.807) is 14.2 Å². The molecule has 1 amide bonds. The minimum atomic E-state index is -0.472. The Bertz CT molecular complexity index is 1380. The number of aromatic nitrogens is 4. The molecule has 2 heterocycles. The van der Waals surface area contributed by atoms with Gasteiger partial charge >= 0.3 is 5.69 Å². The number of amides is 1. The molecule has 0 spiro atoms. The van der Waals surface area contributed by atoms with Crippen molar-refractivity contribution in [2.45, 2.75) is 50.1 Å². The van der Waals surface area contributed by atoms with Gasteiger partial charge in [0.1, 0.15) is 22.0 Å². The number of nitrogens with zero attached hydrogens (tertiary/aromatic N) is 4. The maximum atomic E-state index is 13.0. The standard InChI is InChI=1S/C25H31N5O4S/c1-25(2,3)23-27-20-18(22(32)30(5)24(33)29(20)4)21(28-23)35-13-17(31)26-19(14-7-8-14)15-9-11-16(34-6)12-10-15/h9-12,14,19H,7-8,13H2,1-6H3,(H,26,31). The maximum Gasteiger partial charge on any atom is 0.332 e. The minimum absolute atomic E-state index is 0.0741. The molecule has 0 saturated heterocycles. The second-order valence-electron chi connectivity index (χ2n) is 9.95. The number of methoxy groups -OCH3 is 1. The van der Waals surface area contributed by atoms with Crippen LogP contribution in [0, 0.1) is 5.92 Å². The third-order valence-electron chi connectivity index (χ3n) is 6.16. The highest BCUT2D eigenvalue weighted by Crippen LogP contribution is 2.41. The Morgan fingerprint density at radius 3 is 2.37 bits per heavy atom. The summed E-state index contributed by atoms with van der Waals surface area (Å²) in [4.78, 5) is 47.7. The van der Waals surface area contributed by atoms with E-state index in [0.29, 0.717) is 16.8 Å². The Hall–Kier alpha value is -3.14. The monoisotopic (exact) mass is 497 g/mol. The second-order valence-corrected chi connectivity index (χ2v) is 10.9. The Morgan fingerprint density at radius 2 is 1.80 bits per heavy atom. The Balaban J connectivity index is 1.63. The average molecular weight is 498 g/mol. The molecular weight excluding hydrogens is 466 g/mol. The fraction of sp³-hybridized carbons (Fsp3) is 0.480. The van der Waals surface area contributed by atoms with Gasteiger partial charge < -0.3 is 10.1 Å². The van der Waals surface area contributed by atoms with E-state index in [1.165, 1.54) is 23.4 Å². The molecule has 1 fully saturated rings. The van der Waals surface area contributed by atoms with Crippen molar-refractivity contribution in [1.29, 1.82) is 0 Å². The van der Waals surface area contributed by atoms with Crippen molar-refractivity contribution >= 4 is 28.7 Å². The van der Waals surface area contributed by atoms with Crippen LogP contribution in [0.15, 0.2) is 38.9 Å². The first kappa shape index (κ1) is 25.0. The summed E-state index contributed by atoms with van der Waals surface area (Å²) in [6.07, 6.45) is 2.14. The molecule has 186 valence electrons. The number of ether oxygens (including phenoxy) is 1. The highest BCUT2D eigenvalue weighted by Gasteiger charge is 2.33. The van der Waals surface area contributed by atoms with E-state index in [4.69, 9.17) is 4.74 Å². The van der Waals surface area contributed by atoms with Crippen molar-refractivity contribution in [2.75, 3.05) is 12.9 Å². The lowest BCUT2D eigenvalue weighted by molar-refractivity contribution is -0.119. The fourth-order valence-electron chi connectivity index (χ4n) is 3.93. The first-order chi connectivity index (χ1) is 16.5. The first-order valence-corrected chi connectivity index (χ1v) is 12.5. The number of thioether (sulfide) groups is 1. The van der Waals surface area contributed by atoms with Gasteiger partial charge in [0, 0.05) is 19.5 Å². The predicted octanol–water partition coefficient (Wildman–Crippen LogP) is 2.69. The molecule has 1 atom stereocenters. The molecule has 1 saturated carbocycles. The summed E-state index contributed by atoms with van der Waals surface area (Å²) in [6.45, 7) is 5.89. The van der Waals surface area contributed by atoms with E-state index in [2.05, 4.69) is 15.3 Å². The molecule has 1 aliphatic rings. The zero-order chi connectivity index (χ0) is 25.5. The summed E-state index contributed by atoms with van der Waals surface area (Å²) in [7, 11) is 4.64. The largest absolute Gasteiger partial charge is 0.497 e. The zero-order valence-corrected chi connectivity index (χ0v) is 21.7. The van der Waals surface area contributed by atoms with Gasteiger partial charge in [0.15, 0.2) is 5.65 Å². The Morgan fingerprint density at radius 1 is 1.14 bits per heavy atom. The SMILES string of the molecule is COc1ccc(C(NC(=O)CSc2nc(C(C)(C)C)nc3c2c(=O)n(C)c(=O)n3C)C2CC2)cc1. The molecule has 1 N–H and O–H groups in total. The number of nitrogens with one attached hydrogen (secondary N) is 1. The van der Waals surface area contributed by atoms with Crippen molar-refractivity contribution in [3.8, 4) is 5.75 Å². The van der Waals surface area contributed by atoms with Crippen molar-refractivity contribution in [3.05, 3.63) is 56.5 Å². The first-order valence-electron chi connectivity index (χ1n) is 11.6. The van der Waals surface area contributed by atoms with Gasteiger partial charge in [-0.15, -0.1) is 0 Å². The third kappa shape index (κ3) is 5.12. The zero-order valence-electron chi connectivity index (χ0n) is 20.9. The van der Waals surface area contributed by atoms with E-state index in [9.17, 15) is 14.4 Å². The van der Waals surface area contributed by atoms with Gasteiger partial charge in [-0.3, -0.25) is 18.7 Å². The van der Waals surface area contributed by atoms with Crippen LogP contribution in [0.2, 0.25) is 0 Å². The van der Waals surface area contributed by atoms with E-state index < -0.39 is 16.7 Å². The Labute approximate surface area is 207 Å². The molecule has 9 nitrogen and oxygen atoms in total. The number of carbonyl (C=O) groups excluding carboxylic acids is 1. The van der Waals surface area contributed by atoms with Crippen molar-refractivity contribution in [2.24, 2.45) is 20.0 Å². The quantitative estimate of drug-likeness (QED) is 0.395. The van der Waals surface area contributed by atoms with Crippen LogP contribution in [-0.2, 0) is 24.3 Å². The normalized spacial score (nSPS) is 14.7. The van der Waals surface area contributed by atoms with Crippen molar-refractivity contribution < 1.29 is 9.53 Å². The molecule has 2 aromatic heterocycles. The summed E-state index contributed by atoms with van der Waals surface area (Å²) in [5, 5.41) is 3.81. The van der Waals surface area contributed by atoms with Crippen molar-refractivity contribution in [3.63, 3.8) is 0 Å². The second kappa shape index (κ2) is 9.49. The molecule has 1 aromatic carbocycles. The van der Waals surface area contributed by atoms with Crippen LogP contribution in [0.3, 0.4) is 0 Å². The molecule has 0 radical (unpaired) electrons. The maximum absolute atomic E-state index is 13.0. The number of carbonyl (C=O) groups is 1. The average Bonchev–Trinajstić information content (AvgIpc) is 3.67. The van der Waals surface area contributed by atoms with Crippen LogP contribution in [0.25, 0.3) is 11.0 Å². The molecule has 1 unspecified atom stereocenters. The van der Waals surface area contributed by atoms with E-state index >= 15 is 0 Å². The Kier molecular flexibility index (Phi) is 6.77. The molecular formula is C25H31N5O4S. The van der Waals surface area contributed by atoms with E-state index in [1.807, 2.05) is 45.0 Å². The van der Waals surface area contributed by atoms with Crippen LogP contribution in [-0.4, -0.2) is 37.9 Å². The van der Waals surface area contributed by atoms with Gasteiger partial charge in [-0.2, -0.15) is 0 Å². The number of fused-ring (bicyclic) bond motifs is 1. The lowest BCUT2D eigenvalue weighted by atomic mass is 9.96. The summed E-state index contributed by atoms with van der Waals surface area (Å²) in [6, 6.07) is 7.68. The number of aryl methyl sites for hydroxylation is 1. The number of hydrogen-bond donors (Lipinski definition) is 1. The molecule has 3 aromatic rings. The summed E-state index contributed by atoms with van der Waals surface area (Å²) < 4.78 is 7.64. The van der Waals surface area contributed by atoms with Crippen LogP contribution in [0.1, 0.15) is 51.0 Å². The van der Waals surface area contributed by atoms with Crippen LogP contribution in [0.5, 0.6) is 5.75 Å². The smallest absolute Gasteiger partial charge is 0.332 e. The summed E-state index contributed by atoms with van der Waals surface area (Å²) in [5.41, 5.74) is -0.0240. The summed E-state index contributed by atoms with van der Waals surface area (Å²) in [5.74, 6) is 1.62. The number of hydrogen-bond acceptors (Lipinski definition) is 7. The molecule has 10 heteroatoms. The van der Waals surface area contributed by atoms with Gasteiger partial charge in [-0.25, -0.2) is 14.8 Å². The predicted molar refractivity (Wildman–Crippen MR) is 136 cm³/mol. The minimum Gasteiger partial charge on any atom is -0.497 e. The van der Waals surface area contributed by atoms with Gasteiger partial charge in [-0.1, -0.05) is 44.7 Å². The highest BCUT2D eigenvalue weighted by atomic mass is 32.2. The third-order valence-corrected chi connectivity index (χ3v) is 7.14. The molecule has 35 heavy (non-hydrogen) atoms. The van der Waals surface area contributed by atoms with Crippen LogP contribution in [0.4, 0.5) is 0 Å². The number of benzene rings is 1. The topological polar surface area (TPSA) is 108 Å². The van der Waals surface area contributed by atoms with E-state index in [-0.39, 0.29) is 28.7 Å². The fourth-order valence-corrected chi connectivity index (χ4v) is 4.76. The molecule has 4 rings (SSSR count). The summed E-state index contributed by atoms with van der Waals surface area (Å²) >= 11 is 1.19. The van der Waals surface area contributed by atoms with Gasteiger partial charge in [0.25, 0.3) is 5.56 Å². The highest BCUT2D eigenvalue weighted by molar-refractivity contribution is 8.00. The van der Waals surface area contributed by atoms with Gasteiger partial charge in [0.05, 0.1) is 18.9 Å². The molecule has 0 bridgehead atoms. The van der Waals surface area contributed by atoms with Crippen LogP contribution < -0.4 is 21.3 Å². The lowest BCUT2D eigenvalue weighted by Gasteiger charge is -2.20.